The van der Waals surface area contributed by atoms with Gasteiger partial charge in [-0.1, -0.05) is 71.1 Å². The van der Waals surface area contributed by atoms with Crippen molar-refractivity contribution in [2.45, 2.75) is 180 Å². The lowest BCUT2D eigenvalue weighted by atomic mass is 9.78. The normalized spacial score (nSPS) is 38.6. The molecule has 0 aromatic rings. The summed E-state index contributed by atoms with van der Waals surface area (Å²) in [6.45, 7) is 12.7. The van der Waals surface area contributed by atoms with Gasteiger partial charge in [0.15, 0.2) is 11.6 Å². The lowest BCUT2D eigenvalue weighted by Crippen LogP contribution is -2.61. The molecule has 3 unspecified atom stereocenters. The van der Waals surface area contributed by atoms with E-state index in [1.807, 2.05) is 58.1 Å². The number of ether oxygens (including phenoxy) is 5. The number of piperidine rings is 1. The van der Waals surface area contributed by atoms with Crippen molar-refractivity contribution in [3.05, 3.63) is 47.6 Å². The fourth-order valence-electron chi connectivity index (χ4n) is 10.1. The lowest BCUT2D eigenvalue weighted by Gasteiger charge is -2.42. The van der Waals surface area contributed by atoms with Gasteiger partial charge >= 0.3 is 5.97 Å². The van der Waals surface area contributed by atoms with Gasteiger partial charge in [-0.15, -0.1) is 0 Å². The number of carbonyl (C=O) groups excluding carboxylic acids is 5. The Labute approximate surface area is 387 Å². The maximum Gasteiger partial charge on any atom is 0.329 e. The van der Waals surface area contributed by atoms with E-state index in [1.54, 1.807) is 41.1 Å². The summed E-state index contributed by atoms with van der Waals surface area (Å²) in [5.41, 5.74) is 1.19. The number of hydrogen-bond acceptors (Lipinski definition) is 13. The van der Waals surface area contributed by atoms with Crippen LogP contribution >= 0.6 is 0 Å². The molecule has 2 bridgehead atoms. The number of esters is 1. The van der Waals surface area contributed by atoms with Crippen LogP contribution in [-0.2, 0) is 47.7 Å². The first-order chi connectivity index (χ1) is 30.7. The first-order valence-electron chi connectivity index (χ1n) is 23.9. The van der Waals surface area contributed by atoms with Crippen LogP contribution in [0.15, 0.2) is 47.6 Å². The van der Waals surface area contributed by atoms with Gasteiger partial charge in [-0.3, -0.25) is 19.2 Å². The number of cyclic esters (lactones) is 1. The standard InChI is InChI=1S/C51H79NO13/c1-30-16-12-11-13-17-31(2)42(61-8)28-38-21-19-36(7)51(60,65-38)48(57)49(58)52-23-15-14-18-39(52)50(59)64-43(33(4)26-37-20-22-40(53)44(27-37)62-9)29-41(54)32(3)25-35(6)46(56)47(63-10)45(55)34(5)24-30/h11-13,16-17,25,30,33-40,42-44,46-47,53,56,60H,14-15,18-24,26-29H2,1-10H3/b13-11?,16-12?,31-17?,32-25+/t30-,33-,34-,35?,36-,37+,38?,39?,40-,42+,43+,44-,46-,47+,51-/m1/s1. The van der Waals surface area contributed by atoms with Gasteiger partial charge in [-0.25, -0.2) is 4.79 Å². The molecule has 0 spiro atoms. The summed E-state index contributed by atoms with van der Waals surface area (Å²) in [5.74, 6) is -7.93. The molecule has 3 aliphatic heterocycles. The third-order valence-electron chi connectivity index (χ3n) is 14.5. The molecular formula is C51H79NO13. The monoisotopic (exact) mass is 914 g/mol. The number of carbonyl (C=O) groups is 5. The average Bonchev–Trinajstić information content (AvgIpc) is 3.28. The molecule has 1 saturated carbocycles. The van der Waals surface area contributed by atoms with E-state index in [9.17, 15) is 39.3 Å². The third kappa shape index (κ3) is 14.3. The Bertz CT molecular complexity index is 1760. The minimum absolute atomic E-state index is 0.0220. The van der Waals surface area contributed by atoms with Crippen molar-refractivity contribution < 1.29 is 63.0 Å². The first-order valence-corrected chi connectivity index (χ1v) is 23.9. The van der Waals surface area contributed by atoms with Gasteiger partial charge < -0.3 is 43.9 Å². The van der Waals surface area contributed by atoms with Gasteiger partial charge in [0.05, 0.1) is 30.5 Å². The maximum atomic E-state index is 14.4. The second-order valence-corrected chi connectivity index (χ2v) is 19.6. The molecule has 3 fully saturated rings. The molecule has 3 heterocycles. The first kappa shape index (κ1) is 54.2. The summed E-state index contributed by atoms with van der Waals surface area (Å²) in [6, 6.07) is -1.14. The number of rotatable bonds is 6. The third-order valence-corrected chi connectivity index (χ3v) is 14.5. The number of nitrogens with zero attached hydrogens (tertiary/aromatic N) is 1. The van der Waals surface area contributed by atoms with E-state index in [1.165, 1.54) is 12.0 Å². The Hall–Kier alpha value is -3.37. The average molecular weight is 914 g/mol. The van der Waals surface area contributed by atoms with Gasteiger partial charge in [0.1, 0.15) is 18.2 Å². The Morgan fingerprint density at radius 2 is 1.58 bits per heavy atom. The van der Waals surface area contributed by atoms with E-state index in [2.05, 4.69) is 0 Å². The molecule has 0 aromatic carbocycles. The molecule has 2 saturated heterocycles. The molecule has 0 aromatic heterocycles. The lowest BCUT2D eigenvalue weighted by molar-refractivity contribution is -0.265. The van der Waals surface area contributed by atoms with Crippen LogP contribution in [0.1, 0.15) is 126 Å². The smallest absolute Gasteiger partial charge is 0.329 e. The van der Waals surface area contributed by atoms with Crippen molar-refractivity contribution in [3.63, 3.8) is 0 Å². The van der Waals surface area contributed by atoms with Crippen LogP contribution in [0.3, 0.4) is 0 Å². The fourth-order valence-corrected chi connectivity index (χ4v) is 10.1. The molecule has 65 heavy (non-hydrogen) atoms. The summed E-state index contributed by atoms with van der Waals surface area (Å²) < 4.78 is 29.4. The SMILES string of the molecule is CO[C@H]1CC2CC[C@@H](C)[C@@](O)(O2)C(=O)C(=O)N2CCCCC2C(=O)O[C@H]([C@H](C)C[C@@H]2CC[C@@H](O)[C@H](OC)C2)CC(=O)/C(C)=C/C(C)[C@@H](O)[C@@H](OC)C(=O)[C@H](C)C[C@H](C)C=CC=CC=C1C. The van der Waals surface area contributed by atoms with Crippen LogP contribution in [0.2, 0.25) is 0 Å². The number of amides is 1. The molecule has 14 heteroatoms. The molecule has 14 nitrogen and oxygen atoms in total. The zero-order valence-electron chi connectivity index (χ0n) is 40.6. The topological polar surface area (TPSA) is 195 Å². The highest BCUT2D eigenvalue weighted by Gasteiger charge is 2.53. The van der Waals surface area contributed by atoms with E-state index in [0.717, 1.165) is 12.0 Å². The van der Waals surface area contributed by atoms with Crippen LogP contribution in [0.25, 0.3) is 0 Å². The van der Waals surface area contributed by atoms with Crippen LogP contribution < -0.4 is 0 Å². The summed E-state index contributed by atoms with van der Waals surface area (Å²) in [7, 11) is 4.53. The second kappa shape index (κ2) is 25.1. The van der Waals surface area contributed by atoms with Crippen molar-refractivity contribution >= 4 is 29.2 Å². The van der Waals surface area contributed by atoms with Crippen molar-refractivity contribution in [1.82, 2.24) is 4.90 Å². The maximum absolute atomic E-state index is 14.4. The predicted molar refractivity (Wildman–Crippen MR) is 245 cm³/mol. The number of hydrogen-bond donors (Lipinski definition) is 3. The fraction of sp³-hybridized carbons (Fsp3) is 0.745. The molecular weight excluding hydrogens is 835 g/mol. The van der Waals surface area contributed by atoms with Crippen LogP contribution in [0, 0.1) is 35.5 Å². The number of fused-ring (bicyclic) bond motifs is 3. The molecule has 4 rings (SSSR count). The van der Waals surface area contributed by atoms with E-state index >= 15 is 0 Å². The Morgan fingerprint density at radius 3 is 2.26 bits per heavy atom. The molecule has 1 amide bonds. The predicted octanol–water partition coefficient (Wildman–Crippen LogP) is 6.18. The highest BCUT2D eigenvalue weighted by Crippen LogP contribution is 2.38. The summed E-state index contributed by atoms with van der Waals surface area (Å²) in [4.78, 5) is 71.7. The number of Topliss-reactive ketones (excluding diaryl/α,β-unsaturated/α-hetero) is 3. The summed E-state index contributed by atoms with van der Waals surface area (Å²) >= 11 is 0. The minimum atomic E-state index is -2.43. The van der Waals surface area contributed by atoms with Crippen molar-refractivity contribution in [2.75, 3.05) is 27.9 Å². The van der Waals surface area contributed by atoms with E-state index < -0.39 is 83.9 Å². The highest BCUT2D eigenvalue weighted by atomic mass is 16.6. The highest BCUT2D eigenvalue weighted by molar-refractivity contribution is 6.39. The van der Waals surface area contributed by atoms with Gasteiger partial charge in [-0.2, -0.15) is 0 Å². The van der Waals surface area contributed by atoms with Gasteiger partial charge in [-0.05, 0) is 107 Å². The minimum Gasteiger partial charge on any atom is -0.460 e. The zero-order chi connectivity index (χ0) is 48.2. The number of ketones is 3. The Morgan fingerprint density at radius 1 is 0.862 bits per heavy atom. The van der Waals surface area contributed by atoms with E-state index in [0.29, 0.717) is 63.4 Å². The van der Waals surface area contributed by atoms with Crippen molar-refractivity contribution in [2.24, 2.45) is 35.5 Å². The molecule has 1 aliphatic carbocycles. The molecule has 3 N–H and O–H groups in total. The molecule has 0 radical (unpaired) electrons. The van der Waals surface area contributed by atoms with Crippen LogP contribution in [-0.4, -0.2) is 132 Å². The number of methoxy groups -OCH3 is 3. The number of allylic oxidation sites excluding steroid dienone is 6. The largest absolute Gasteiger partial charge is 0.460 e. The molecule has 15 atom stereocenters. The number of aliphatic hydroxyl groups excluding tert-OH is 2. The molecule has 366 valence electrons. The van der Waals surface area contributed by atoms with Gasteiger partial charge in [0, 0.05) is 58.5 Å². The van der Waals surface area contributed by atoms with Gasteiger partial charge in [0.2, 0.25) is 5.79 Å². The van der Waals surface area contributed by atoms with Crippen LogP contribution in [0.4, 0.5) is 0 Å². The van der Waals surface area contributed by atoms with E-state index in [-0.39, 0.29) is 54.8 Å². The quantitative estimate of drug-likeness (QED) is 0.202. The second-order valence-electron chi connectivity index (χ2n) is 19.6. The van der Waals surface area contributed by atoms with Crippen LogP contribution in [0.5, 0.6) is 0 Å². The molecule has 4 aliphatic rings. The van der Waals surface area contributed by atoms with Gasteiger partial charge in [0.25, 0.3) is 11.7 Å². The number of aliphatic hydroxyl groups is 3. The Balaban J connectivity index is 1.70. The van der Waals surface area contributed by atoms with Crippen molar-refractivity contribution in [1.29, 1.82) is 0 Å². The zero-order valence-corrected chi connectivity index (χ0v) is 40.6. The summed E-state index contributed by atoms with van der Waals surface area (Å²) in [6.07, 6.45) is 11.2. The van der Waals surface area contributed by atoms with E-state index in [4.69, 9.17) is 23.7 Å². The summed E-state index contributed by atoms with van der Waals surface area (Å²) in [5, 5.41) is 33.9. The van der Waals surface area contributed by atoms with Crippen molar-refractivity contribution in [3.8, 4) is 0 Å². The Kier molecular flexibility index (Phi) is 21.0.